The van der Waals surface area contributed by atoms with Gasteiger partial charge in [0.15, 0.2) is 0 Å². The fourth-order valence-electron chi connectivity index (χ4n) is 2.42. The predicted molar refractivity (Wildman–Crippen MR) is 91.0 cm³/mol. The Morgan fingerprint density at radius 2 is 2.45 bits per heavy atom. The third-order valence-corrected chi connectivity index (χ3v) is 5.02. The molecule has 0 saturated carbocycles. The maximum atomic E-state index is 12.4. The van der Waals surface area contributed by atoms with Crippen LogP contribution >= 0.6 is 23.1 Å². The first-order valence-electron chi connectivity index (χ1n) is 6.68. The lowest BCUT2D eigenvalue weighted by atomic mass is 9.81. The fraction of sp³-hybridized carbons (Fsp3) is 0.312. The summed E-state index contributed by atoms with van der Waals surface area (Å²) in [7, 11) is 0. The van der Waals surface area contributed by atoms with E-state index in [0.717, 1.165) is 4.88 Å². The number of esters is 1. The number of hydrogen-bond donors (Lipinski definition) is 0. The van der Waals surface area contributed by atoms with Gasteiger partial charge < -0.3 is 4.74 Å². The molecule has 0 aliphatic carbocycles. The van der Waals surface area contributed by atoms with Crippen LogP contribution in [0.3, 0.4) is 0 Å². The minimum atomic E-state index is -0.566. The molecule has 1 aromatic heterocycles. The summed E-state index contributed by atoms with van der Waals surface area (Å²) in [5.41, 5.74) is 1.21. The van der Waals surface area contributed by atoms with Gasteiger partial charge in [0.2, 0.25) is 0 Å². The van der Waals surface area contributed by atoms with Crippen LogP contribution in [0.5, 0.6) is 0 Å². The fourth-order valence-corrected chi connectivity index (χ4v) is 3.92. The summed E-state index contributed by atoms with van der Waals surface area (Å²) in [6, 6.07) is 6.09. The average Bonchev–Trinajstić information content (AvgIpc) is 3.05. The first kappa shape index (κ1) is 16.5. The Bertz CT molecular complexity index is 669. The van der Waals surface area contributed by atoms with Gasteiger partial charge in [-0.3, -0.25) is 4.79 Å². The smallest absolute Gasteiger partial charge is 0.316 e. The topological polar surface area (TPSA) is 62.4 Å². The Hall–Kier alpha value is -1.84. The molecule has 0 saturated heterocycles. The Morgan fingerprint density at radius 3 is 3.00 bits per heavy atom. The molecule has 0 amide bonds. The zero-order valence-electron chi connectivity index (χ0n) is 12.4. The van der Waals surface area contributed by atoms with E-state index in [1.54, 1.807) is 0 Å². The molecule has 2 heterocycles. The van der Waals surface area contributed by atoms with Gasteiger partial charge in [-0.2, -0.15) is 5.26 Å². The van der Waals surface area contributed by atoms with E-state index in [9.17, 15) is 10.1 Å². The molecule has 1 unspecified atom stereocenters. The summed E-state index contributed by atoms with van der Waals surface area (Å²) < 4.78 is 5.22. The number of nitriles is 1. The van der Waals surface area contributed by atoms with Crippen LogP contribution in [0, 0.1) is 17.2 Å². The highest BCUT2D eigenvalue weighted by Crippen LogP contribution is 2.43. The lowest BCUT2D eigenvalue weighted by Crippen LogP contribution is -2.33. The number of ether oxygens (including phenoxy) is 1. The second kappa shape index (κ2) is 7.43. The van der Waals surface area contributed by atoms with Crippen molar-refractivity contribution in [3.63, 3.8) is 0 Å². The van der Waals surface area contributed by atoms with Gasteiger partial charge in [0.1, 0.15) is 17.6 Å². The van der Waals surface area contributed by atoms with E-state index < -0.39 is 5.92 Å². The number of allylic oxidation sites excluding steroid dienone is 1. The number of thioether (sulfide) groups is 1. The molecule has 1 aliphatic heterocycles. The van der Waals surface area contributed by atoms with Crippen molar-refractivity contribution in [2.45, 2.75) is 12.8 Å². The number of carbonyl (C=O) groups is 1. The van der Waals surface area contributed by atoms with E-state index in [1.807, 2.05) is 30.7 Å². The van der Waals surface area contributed by atoms with Gasteiger partial charge in [-0.05, 0) is 24.6 Å². The standard InChI is InChI=1S/C16H16N2O2S2/c1-4-7-20-16(19)13-10(2)18-15(21-3)11(9-17)14(13)12-6-5-8-22-12/h4-6,8,13-14H,1,7H2,2-3H3/t13?,14-/m0/s1. The van der Waals surface area contributed by atoms with Gasteiger partial charge in [-0.15, -0.1) is 23.1 Å². The van der Waals surface area contributed by atoms with Crippen LogP contribution in [0.25, 0.3) is 0 Å². The number of hydrogen-bond acceptors (Lipinski definition) is 6. The highest BCUT2D eigenvalue weighted by atomic mass is 32.2. The van der Waals surface area contributed by atoms with E-state index in [0.29, 0.717) is 16.3 Å². The average molecular weight is 332 g/mol. The SMILES string of the molecule is C=CCOC(=O)C1C(C)=NC(SC)=C(C#N)[C@H]1c1cccs1. The van der Waals surface area contributed by atoms with Gasteiger partial charge in [-0.25, -0.2) is 4.99 Å². The van der Waals surface area contributed by atoms with Crippen molar-refractivity contribution in [2.24, 2.45) is 10.9 Å². The highest BCUT2D eigenvalue weighted by Gasteiger charge is 2.40. The predicted octanol–water partition coefficient (Wildman–Crippen LogP) is 3.75. The maximum absolute atomic E-state index is 12.4. The zero-order chi connectivity index (χ0) is 16.1. The molecule has 22 heavy (non-hydrogen) atoms. The van der Waals surface area contributed by atoms with Crippen molar-refractivity contribution in [3.8, 4) is 6.07 Å². The van der Waals surface area contributed by atoms with E-state index in [4.69, 9.17) is 4.74 Å². The van der Waals surface area contributed by atoms with Crippen molar-refractivity contribution in [3.05, 3.63) is 45.6 Å². The van der Waals surface area contributed by atoms with Gasteiger partial charge in [0.25, 0.3) is 0 Å². The van der Waals surface area contributed by atoms with Crippen LogP contribution in [-0.4, -0.2) is 24.5 Å². The minimum absolute atomic E-state index is 0.154. The Morgan fingerprint density at radius 1 is 1.68 bits per heavy atom. The van der Waals surface area contributed by atoms with E-state index >= 15 is 0 Å². The number of aliphatic imine (C=N–C) groups is 1. The summed E-state index contributed by atoms with van der Waals surface area (Å²) in [4.78, 5) is 17.9. The molecule has 4 nitrogen and oxygen atoms in total. The van der Waals surface area contributed by atoms with Crippen LogP contribution in [-0.2, 0) is 9.53 Å². The van der Waals surface area contributed by atoms with E-state index in [2.05, 4.69) is 17.6 Å². The first-order valence-corrected chi connectivity index (χ1v) is 8.78. The van der Waals surface area contributed by atoms with E-state index in [-0.39, 0.29) is 18.5 Å². The van der Waals surface area contributed by atoms with Crippen molar-refractivity contribution in [1.82, 2.24) is 0 Å². The Labute approximate surface area is 138 Å². The molecule has 0 radical (unpaired) electrons. The number of nitrogens with zero attached hydrogens (tertiary/aromatic N) is 2. The third-order valence-electron chi connectivity index (χ3n) is 3.36. The van der Waals surface area contributed by atoms with Crippen molar-refractivity contribution in [2.75, 3.05) is 12.9 Å². The molecule has 1 aliphatic rings. The molecule has 0 aromatic carbocycles. The first-order chi connectivity index (χ1) is 10.6. The molecule has 114 valence electrons. The van der Waals surface area contributed by atoms with Crippen molar-refractivity contribution in [1.29, 1.82) is 5.26 Å². The zero-order valence-corrected chi connectivity index (χ0v) is 14.0. The summed E-state index contributed by atoms with van der Waals surface area (Å²) in [6.45, 7) is 5.52. The maximum Gasteiger partial charge on any atom is 0.316 e. The van der Waals surface area contributed by atoms with Crippen LogP contribution in [0.15, 0.2) is 45.8 Å². The van der Waals surface area contributed by atoms with Crippen LogP contribution < -0.4 is 0 Å². The molecule has 1 aromatic rings. The largest absolute Gasteiger partial charge is 0.461 e. The monoisotopic (exact) mass is 332 g/mol. The molecular weight excluding hydrogens is 316 g/mol. The summed E-state index contributed by atoms with van der Waals surface area (Å²) in [6.07, 6.45) is 3.41. The second-order valence-corrected chi connectivity index (χ2v) is 6.45. The molecule has 0 bridgehead atoms. The van der Waals surface area contributed by atoms with Crippen molar-refractivity contribution < 1.29 is 9.53 Å². The molecule has 2 atom stereocenters. The summed E-state index contributed by atoms with van der Waals surface area (Å²) in [5, 5.41) is 12.2. The van der Waals surface area contributed by atoms with Crippen LogP contribution in [0.4, 0.5) is 0 Å². The number of carbonyl (C=O) groups excluding carboxylic acids is 1. The molecule has 0 fully saturated rings. The van der Waals surface area contributed by atoms with Gasteiger partial charge in [-0.1, -0.05) is 18.7 Å². The Balaban J connectivity index is 2.50. The second-order valence-electron chi connectivity index (χ2n) is 4.68. The number of thiophene rings is 1. The normalized spacial score (nSPS) is 21.0. The Kier molecular flexibility index (Phi) is 5.58. The summed E-state index contributed by atoms with van der Waals surface area (Å²) >= 11 is 2.95. The summed E-state index contributed by atoms with van der Waals surface area (Å²) in [5.74, 6) is -1.26. The van der Waals surface area contributed by atoms with Crippen molar-refractivity contribution >= 4 is 34.8 Å². The van der Waals surface area contributed by atoms with Gasteiger partial charge >= 0.3 is 5.97 Å². The molecular formula is C16H16N2O2S2. The van der Waals surface area contributed by atoms with Gasteiger partial charge in [0.05, 0.1) is 11.6 Å². The lowest BCUT2D eigenvalue weighted by molar-refractivity contribution is -0.145. The number of rotatable bonds is 5. The molecule has 0 spiro atoms. The lowest BCUT2D eigenvalue weighted by Gasteiger charge is -2.28. The van der Waals surface area contributed by atoms with Crippen LogP contribution in [0.2, 0.25) is 0 Å². The highest BCUT2D eigenvalue weighted by molar-refractivity contribution is 8.02. The minimum Gasteiger partial charge on any atom is -0.461 e. The quantitative estimate of drug-likeness (QED) is 0.608. The molecule has 0 N–H and O–H groups in total. The van der Waals surface area contributed by atoms with Gasteiger partial charge in [0, 0.05) is 16.5 Å². The molecule has 2 rings (SSSR count). The third kappa shape index (κ3) is 3.16. The van der Waals surface area contributed by atoms with Crippen LogP contribution in [0.1, 0.15) is 17.7 Å². The van der Waals surface area contributed by atoms with E-state index in [1.165, 1.54) is 29.2 Å². The molecule has 6 heteroatoms.